The molecule has 3 nitrogen and oxygen atoms in total. The first kappa shape index (κ1) is 12.8. The summed E-state index contributed by atoms with van der Waals surface area (Å²) in [6.45, 7) is 5.48. The van der Waals surface area contributed by atoms with Crippen LogP contribution in [0.5, 0.6) is 0 Å². The average molecular weight is 247 g/mol. The second-order valence-electron chi connectivity index (χ2n) is 4.32. The summed E-state index contributed by atoms with van der Waals surface area (Å²) in [5.74, 6) is -0.165. The summed E-state index contributed by atoms with van der Waals surface area (Å²) in [6.07, 6.45) is 3.86. The Labute approximate surface area is 107 Å². The predicted octanol–water partition coefficient (Wildman–Crippen LogP) is 2.89. The topological polar surface area (TPSA) is 29.9 Å². The molecule has 0 spiro atoms. The van der Waals surface area contributed by atoms with E-state index in [1.165, 1.54) is 6.07 Å². The quantitative estimate of drug-likeness (QED) is 0.880. The van der Waals surface area contributed by atoms with Crippen molar-refractivity contribution in [1.29, 1.82) is 0 Å². The lowest BCUT2D eigenvalue weighted by atomic mass is 10.1. The first-order valence-corrected chi connectivity index (χ1v) is 6.20. The SMILES string of the molecule is CCn1cc(C(C)NCc2ccccc2F)cn1. The number of hydrogen-bond donors (Lipinski definition) is 1. The van der Waals surface area contributed by atoms with Gasteiger partial charge in [0.05, 0.1) is 6.20 Å². The summed E-state index contributed by atoms with van der Waals surface area (Å²) in [7, 11) is 0. The van der Waals surface area contributed by atoms with Crippen LogP contribution in [0.15, 0.2) is 36.7 Å². The van der Waals surface area contributed by atoms with Crippen LogP contribution in [0.4, 0.5) is 4.39 Å². The van der Waals surface area contributed by atoms with Crippen LogP contribution in [0.25, 0.3) is 0 Å². The summed E-state index contributed by atoms with van der Waals surface area (Å²) in [5.41, 5.74) is 1.81. The van der Waals surface area contributed by atoms with E-state index >= 15 is 0 Å². The molecule has 96 valence electrons. The zero-order valence-electron chi connectivity index (χ0n) is 10.7. The molecule has 1 N–H and O–H groups in total. The second kappa shape index (κ2) is 5.78. The van der Waals surface area contributed by atoms with Gasteiger partial charge in [0, 0.05) is 36.5 Å². The average Bonchev–Trinajstić information content (AvgIpc) is 2.86. The maximum absolute atomic E-state index is 13.4. The summed E-state index contributed by atoms with van der Waals surface area (Å²) in [6, 6.07) is 6.99. The molecule has 0 saturated heterocycles. The highest BCUT2D eigenvalue weighted by atomic mass is 19.1. The van der Waals surface area contributed by atoms with Gasteiger partial charge in [-0.3, -0.25) is 4.68 Å². The smallest absolute Gasteiger partial charge is 0.127 e. The molecule has 0 amide bonds. The lowest BCUT2D eigenvalue weighted by molar-refractivity contribution is 0.543. The van der Waals surface area contributed by atoms with Crippen LogP contribution in [0, 0.1) is 5.82 Å². The summed E-state index contributed by atoms with van der Waals surface area (Å²) in [4.78, 5) is 0. The van der Waals surface area contributed by atoms with Crippen molar-refractivity contribution in [2.75, 3.05) is 0 Å². The standard InChI is InChI=1S/C14H18FN3/c1-3-18-10-13(9-17-18)11(2)16-8-12-6-4-5-7-14(12)15/h4-7,9-11,16H,3,8H2,1-2H3. The lowest BCUT2D eigenvalue weighted by Crippen LogP contribution is -2.18. The summed E-state index contributed by atoms with van der Waals surface area (Å²) in [5, 5.41) is 7.53. The van der Waals surface area contributed by atoms with Gasteiger partial charge >= 0.3 is 0 Å². The minimum Gasteiger partial charge on any atom is -0.306 e. The first-order chi connectivity index (χ1) is 8.70. The third kappa shape index (κ3) is 2.96. The van der Waals surface area contributed by atoms with Gasteiger partial charge in [0.2, 0.25) is 0 Å². The van der Waals surface area contributed by atoms with E-state index in [0.29, 0.717) is 12.1 Å². The number of aryl methyl sites for hydroxylation is 1. The van der Waals surface area contributed by atoms with Gasteiger partial charge in [-0.05, 0) is 19.9 Å². The van der Waals surface area contributed by atoms with Gasteiger partial charge in [0.1, 0.15) is 5.82 Å². The van der Waals surface area contributed by atoms with Gasteiger partial charge in [-0.1, -0.05) is 18.2 Å². The molecule has 1 heterocycles. The maximum atomic E-state index is 13.4. The highest BCUT2D eigenvalue weighted by Gasteiger charge is 2.08. The largest absolute Gasteiger partial charge is 0.306 e. The Morgan fingerprint density at radius 1 is 1.39 bits per heavy atom. The van der Waals surface area contributed by atoms with Crippen molar-refractivity contribution in [2.45, 2.75) is 33.0 Å². The van der Waals surface area contributed by atoms with E-state index in [1.807, 2.05) is 30.1 Å². The summed E-state index contributed by atoms with van der Waals surface area (Å²) >= 11 is 0. The monoisotopic (exact) mass is 247 g/mol. The molecular weight excluding hydrogens is 229 g/mol. The van der Waals surface area contributed by atoms with E-state index in [1.54, 1.807) is 12.1 Å². The predicted molar refractivity (Wildman–Crippen MR) is 69.6 cm³/mol. The number of benzene rings is 1. The molecule has 1 unspecified atom stereocenters. The molecule has 0 bridgehead atoms. The van der Waals surface area contributed by atoms with Crippen LogP contribution in [0.1, 0.15) is 31.0 Å². The van der Waals surface area contributed by atoms with Crippen molar-refractivity contribution in [3.05, 3.63) is 53.6 Å². The third-order valence-electron chi connectivity index (χ3n) is 3.03. The number of aromatic nitrogens is 2. The fourth-order valence-corrected chi connectivity index (χ4v) is 1.80. The fraction of sp³-hybridized carbons (Fsp3) is 0.357. The Kier molecular flexibility index (Phi) is 4.10. The van der Waals surface area contributed by atoms with Gasteiger partial charge in [0.25, 0.3) is 0 Å². The van der Waals surface area contributed by atoms with Crippen LogP contribution in [-0.4, -0.2) is 9.78 Å². The van der Waals surface area contributed by atoms with Gasteiger partial charge < -0.3 is 5.32 Å². The Morgan fingerprint density at radius 2 is 2.17 bits per heavy atom. The molecule has 1 aromatic heterocycles. The van der Waals surface area contributed by atoms with Gasteiger partial charge in [-0.2, -0.15) is 5.10 Å². The third-order valence-corrected chi connectivity index (χ3v) is 3.03. The zero-order valence-corrected chi connectivity index (χ0v) is 10.7. The Balaban J connectivity index is 1.96. The number of nitrogens with one attached hydrogen (secondary N) is 1. The molecule has 0 aliphatic carbocycles. The first-order valence-electron chi connectivity index (χ1n) is 6.20. The Bertz CT molecular complexity index is 507. The Morgan fingerprint density at radius 3 is 2.83 bits per heavy atom. The maximum Gasteiger partial charge on any atom is 0.127 e. The molecule has 0 radical (unpaired) electrons. The highest BCUT2D eigenvalue weighted by molar-refractivity contribution is 5.18. The van der Waals surface area contributed by atoms with E-state index in [-0.39, 0.29) is 11.9 Å². The van der Waals surface area contributed by atoms with Crippen molar-refractivity contribution in [3.8, 4) is 0 Å². The second-order valence-corrected chi connectivity index (χ2v) is 4.32. The van der Waals surface area contributed by atoms with Crippen LogP contribution in [0.2, 0.25) is 0 Å². The van der Waals surface area contributed by atoms with E-state index in [0.717, 1.165) is 12.1 Å². The molecular formula is C14H18FN3. The normalized spacial score (nSPS) is 12.6. The number of rotatable bonds is 5. The molecule has 2 aromatic rings. The number of nitrogens with zero attached hydrogens (tertiary/aromatic N) is 2. The molecule has 18 heavy (non-hydrogen) atoms. The molecule has 1 aromatic carbocycles. The van der Waals surface area contributed by atoms with Crippen molar-refractivity contribution >= 4 is 0 Å². The number of hydrogen-bond acceptors (Lipinski definition) is 2. The minimum absolute atomic E-state index is 0.157. The molecule has 1 atom stereocenters. The van der Waals surface area contributed by atoms with Crippen molar-refractivity contribution in [1.82, 2.24) is 15.1 Å². The van der Waals surface area contributed by atoms with Crippen LogP contribution < -0.4 is 5.32 Å². The fourth-order valence-electron chi connectivity index (χ4n) is 1.80. The van der Waals surface area contributed by atoms with Crippen LogP contribution in [-0.2, 0) is 13.1 Å². The minimum atomic E-state index is -0.165. The van der Waals surface area contributed by atoms with Gasteiger partial charge in [-0.25, -0.2) is 4.39 Å². The molecule has 0 aliphatic heterocycles. The van der Waals surface area contributed by atoms with Gasteiger partial charge in [0.15, 0.2) is 0 Å². The number of halogens is 1. The van der Waals surface area contributed by atoms with E-state index in [2.05, 4.69) is 17.3 Å². The van der Waals surface area contributed by atoms with Crippen molar-refractivity contribution in [2.24, 2.45) is 0 Å². The van der Waals surface area contributed by atoms with E-state index < -0.39 is 0 Å². The van der Waals surface area contributed by atoms with E-state index in [4.69, 9.17) is 0 Å². The molecule has 4 heteroatoms. The van der Waals surface area contributed by atoms with Crippen LogP contribution >= 0.6 is 0 Å². The molecule has 0 saturated carbocycles. The zero-order chi connectivity index (χ0) is 13.0. The van der Waals surface area contributed by atoms with Gasteiger partial charge in [-0.15, -0.1) is 0 Å². The highest BCUT2D eigenvalue weighted by Crippen LogP contribution is 2.13. The van der Waals surface area contributed by atoms with Crippen LogP contribution in [0.3, 0.4) is 0 Å². The lowest BCUT2D eigenvalue weighted by Gasteiger charge is -2.12. The summed E-state index contributed by atoms with van der Waals surface area (Å²) < 4.78 is 15.3. The van der Waals surface area contributed by atoms with Crippen molar-refractivity contribution < 1.29 is 4.39 Å². The molecule has 0 aliphatic rings. The Hall–Kier alpha value is -1.68. The molecule has 2 rings (SSSR count). The van der Waals surface area contributed by atoms with E-state index in [9.17, 15) is 4.39 Å². The molecule has 0 fully saturated rings. The van der Waals surface area contributed by atoms with Crippen molar-refractivity contribution in [3.63, 3.8) is 0 Å².